The van der Waals surface area contributed by atoms with Crippen molar-refractivity contribution in [1.29, 1.82) is 0 Å². The molecule has 1 aliphatic heterocycles. The Bertz CT molecular complexity index is 899. The average Bonchev–Trinajstić information content (AvgIpc) is 3.53. The van der Waals surface area contributed by atoms with Gasteiger partial charge in [0, 0.05) is 11.7 Å². The van der Waals surface area contributed by atoms with E-state index in [1.807, 2.05) is 49.4 Å². The number of ether oxygens (including phenoxy) is 1. The largest absolute Gasteiger partial charge is 0.466 e. The zero-order valence-corrected chi connectivity index (χ0v) is 15.4. The van der Waals surface area contributed by atoms with Gasteiger partial charge in [-0.2, -0.15) is 0 Å². The molecule has 5 heteroatoms. The fourth-order valence-electron chi connectivity index (χ4n) is 3.65. The lowest BCUT2D eigenvalue weighted by molar-refractivity contribution is -0.136. The smallest absolute Gasteiger partial charge is 0.337 e. The number of hydrogen-bond acceptors (Lipinski definition) is 3. The number of nitrogens with one attached hydrogen (secondary N) is 1. The summed E-state index contributed by atoms with van der Waals surface area (Å²) in [7, 11) is 1.37. The lowest BCUT2D eigenvalue weighted by Crippen LogP contribution is -2.48. The SMILES string of the molecule is COC(=O)C1=C(C)N(C2CC2)C(=O)N[C@H]1c1ccc(-c2ccccc2)cc1. The molecule has 1 saturated carbocycles. The lowest BCUT2D eigenvalue weighted by Gasteiger charge is -2.35. The molecule has 4 rings (SSSR count). The number of carbonyl (C=O) groups is 2. The minimum Gasteiger partial charge on any atom is -0.466 e. The molecule has 2 aliphatic rings. The molecule has 0 aromatic heterocycles. The average molecular weight is 362 g/mol. The van der Waals surface area contributed by atoms with Crippen LogP contribution in [-0.2, 0) is 9.53 Å². The predicted octanol–water partition coefficient (Wildman–Crippen LogP) is 4.03. The maximum atomic E-state index is 12.6. The van der Waals surface area contributed by atoms with Crippen molar-refractivity contribution in [3.63, 3.8) is 0 Å². The molecule has 1 fully saturated rings. The van der Waals surface area contributed by atoms with E-state index in [4.69, 9.17) is 4.74 Å². The van der Waals surface area contributed by atoms with E-state index < -0.39 is 12.0 Å². The van der Waals surface area contributed by atoms with Crippen LogP contribution in [0.25, 0.3) is 11.1 Å². The molecule has 1 atom stereocenters. The molecular weight excluding hydrogens is 340 g/mol. The molecule has 138 valence electrons. The molecule has 2 aromatic rings. The Balaban J connectivity index is 1.71. The summed E-state index contributed by atoms with van der Waals surface area (Å²) in [6, 6.07) is 17.5. The third kappa shape index (κ3) is 3.21. The van der Waals surface area contributed by atoms with E-state index in [9.17, 15) is 9.59 Å². The summed E-state index contributed by atoms with van der Waals surface area (Å²) in [4.78, 5) is 26.8. The Hall–Kier alpha value is -3.08. The summed E-state index contributed by atoms with van der Waals surface area (Å²) in [5.74, 6) is -0.407. The van der Waals surface area contributed by atoms with Gasteiger partial charge in [0.25, 0.3) is 0 Å². The molecule has 0 radical (unpaired) electrons. The molecule has 1 aliphatic carbocycles. The van der Waals surface area contributed by atoms with Crippen LogP contribution in [0, 0.1) is 0 Å². The van der Waals surface area contributed by atoms with Gasteiger partial charge in [0.15, 0.2) is 0 Å². The summed E-state index contributed by atoms with van der Waals surface area (Å²) in [6.07, 6.45) is 1.94. The quantitative estimate of drug-likeness (QED) is 0.836. The molecule has 5 nitrogen and oxygen atoms in total. The van der Waals surface area contributed by atoms with Crippen molar-refractivity contribution in [2.24, 2.45) is 0 Å². The van der Waals surface area contributed by atoms with Gasteiger partial charge in [0.05, 0.1) is 18.7 Å². The fourth-order valence-corrected chi connectivity index (χ4v) is 3.65. The number of urea groups is 1. The van der Waals surface area contributed by atoms with Crippen LogP contribution in [0.15, 0.2) is 65.9 Å². The lowest BCUT2D eigenvalue weighted by atomic mass is 9.93. The van der Waals surface area contributed by atoms with Crippen molar-refractivity contribution in [1.82, 2.24) is 10.2 Å². The van der Waals surface area contributed by atoms with E-state index in [2.05, 4.69) is 17.4 Å². The number of benzene rings is 2. The first-order valence-electron chi connectivity index (χ1n) is 9.14. The van der Waals surface area contributed by atoms with Crippen molar-refractivity contribution < 1.29 is 14.3 Å². The van der Waals surface area contributed by atoms with Crippen molar-refractivity contribution in [2.45, 2.75) is 31.8 Å². The van der Waals surface area contributed by atoms with Gasteiger partial charge in [-0.1, -0.05) is 54.6 Å². The van der Waals surface area contributed by atoms with E-state index in [1.54, 1.807) is 4.90 Å². The van der Waals surface area contributed by atoms with E-state index in [1.165, 1.54) is 7.11 Å². The highest BCUT2D eigenvalue weighted by Gasteiger charge is 2.42. The summed E-state index contributed by atoms with van der Waals surface area (Å²) in [5, 5.41) is 2.99. The van der Waals surface area contributed by atoms with E-state index in [0.717, 1.165) is 29.5 Å². The second kappa shape index (κ2) is 6.91. The third-order valence-electron chi connectivity index (χ3n) is 5.19. The summed E-state index contributed by atoms with van der Waals surface area (Å²) >= 11 is 0. The maximum absolute atomic E-state index is 12.6. The Morgan fingerprint density at radius 3 is 2.26 bits per heavy atom. The minimum absolute atomic E-state index is 0.153. The molecule has 2 aromatic carbocycles. The molecule has 0 unspecified atom stereocenters. The third-order valence-corrected chi connectivity index (χ3v) is 5.19. The van der Waals surface area contributed by atoms with Gasteiger partial charge < -0.3 is 10.1 Å². The molecule has 2 amide bonds. The zero-order valence-electron chi connectivity index (χ0n) is 15.4. The Kier molecular flexibility index (Phi) is 4.44. The molecule has 0 spiro atoms. The number of hydrogen-bond donors (Lipinski definition) is 1. The second-order valence-corrected chi connectivity index (χ2v) is 6.96. The molecule has 1 N–H and O–H groups in total. The molecule has 0 saturated heterocycles. The fraction of sp³-hybridized carbons (Fsp3) is 0.273. The summed E-state index contributed by atoms with van der Waals surface area (Å²) in [5.41, 5.74) is 4.25. The first kappa shape index (κ1) is 17.3. The minimum atomic E-state index is -0.509. The van der Waals surface area contributed by atoms with Gasteiger partial charge in [-0.05, 0) is 36.5 Å². The van der Waals surface area contributed by atoms with Crippen LogP contribution in [0.2, 0.25) is 0 Å². The Morgan fingerprint density at radius 2 is 1.67 bits per heavy atom. The maximum Gasteiger partial charge on any atom is 0.337 e. The number of methoxy groups -OCH3 is 1. The highest BCUT2D eigenvalue weighted by Crippen LogP contribution is 2.38. The van der Waals surface area contributed by atoms with Crippen molar-refractivity contribution >= 4 is 12.0 Å². The summed E-state index contributed by atoms with van der Waals surface area (Å²) in [6.45, 7) is 1.83. The monoisotopic (exact) mass is 362 g/mol. The second-order valence-electron chi connectivity index (χ2n) is 6.96. The van der Waals surface area contributed by atoms with E-state index in [0.29, 0.717) is 11.3 Å². The van der Waals surface area contributed by atoms with Crippen LogP contribution in [0.5, 0.6) is 0 Å². The highest BCUT2D eigenvalue weighted by atomic mass is 16.5. The van der Waals surface area contributed by atoms with Crippen LogP contribution in [-0.4, -0.2) is 30.1 Å². The highest BCUT2D eigenvalue weighted by molar-refractivity contribution is 5.95. The first-order valence-corrected chi connectivity index (χ1v) is 9.14. The standard InChI is InChI=1S/C22H22N2O3/c1-14-19(21(25)27-2)20(23-22(26)24(14)18-12-13-18)17-10-8-16(9-11-17)15-6-4-3-5-7-15/h3-11,18,20H,12-13H2,1-2H3,(H,23,26)/t20-/m0/s1. The van der Waals surface area contributed by atoms with Gasteiger partial charge in [0.1, 0.15) is 0 Å². The van der Waals surface area contributed by atoms with Crippen molar-refractivity contribution in [2.75, 3.05) is 7.11 Å². The van der Waals surface area contributed by atoms with Crippen LogP contribution in [0.4, 0.5) is 4.79 Å². The van der Waals surface area contributed by atoms with Crippen molar-refractivity contribution in [3.05, 3.63) is 71.4 Å². The zero-order chi connectivity index (χ0) is 19.0. The Labute approximate surface area is 158 Å². The van der Waals surface area contributed by atoms with Crippen LogP contribution in [0.1, 0.15) is 31.4 Å². The van der Waals surface area contributed by atoms with Gasteiger partial charge in [-0.25, -0.2) is 9.59 Å². The topological polar surface area (TPSA) is 58.6 Å². The molecule has 1 heterocycles. The molecule has 0 bridgehead atoms. The predicted molar refractivity (Wildman–Crippen MR) is 103 cm³/mol. The number of nitrogens with zero attached hydrogens (tertiary/aromatic N) is 1. The Morgan fingerprint density at radius 1 is 1.04 bits per heavy atom. The van der Waals surface area contributed by atoms with E-state index >= 15 is 0 Å². The van der Waals surface area contributed by atoms with Crippen LogP contribution < -0.4 is 5.32 Å². The van der Waals surface area contributed by atoms with Crippen molar-refractivity contribution in [3.8, 4) is 11.1 Å². The van der Waals surface area contributed by atoms with Crippen LogP contribution in [0.3, 0.4) is 0 Å². The van der Waals surface area contributed by atoms with Gasteiger partial charge in [0.2, 0.25) is 0 Å². The number of carbonyl (C=O) groups excluding carboxylic acids is 2. The van der Waals surface area contributed by atoms with E-state index in [-0.39, 0.29) is 12.1 Å². The number of esters is 1. The molecule has 27 heavy (non-hydrogen) atoms. The van der Waals surface area contributed by atoms with Gasteiger partial charge in [-0.3, -0.25) is 4.90 Å². The van der Waals surface area contributed by atoms with Gasteiger partial charge >= 0.3 is 12.0 Å². The first-order chi connectivity index (χ1) is 13.1. The molecular formula is C22H22N2O3. The normalized spacial score (nSPS) is 19.7. The summed E-state index contributed by atoms with van der Waals surface area (Å²) < 4.78 is 5.01. The van der Waals surface area contributed by atoms with Crippen LogP contribution >= 0.6 is 0 Å². The number of rotatable bonds is 4. The number of allylic oxidation sites excluding steroid dienone is 1. The van der Waals surface area contributed by atoms with Gasteiger partial charge in [-0.15, -0.1) is 0 Å². The number of amides is 2.